The van der Waals surface area contributed by atoms with E-state index in [2.05, 4.69) is 4.18 Å². The van der Waals surface area contributed by atoms with E-state index in [1.165, 1.54) is 0 Å². The number of Topliss-reactive ketones (excluding diaryl/α,β-unsaturated/α-hetero) is 1. The minimum atomic E-state index is -3.68. The lowest BCUT2D eigenvalue weighted by Crippen LogP contribution is -2.23. The first-order chi connectivity index (χ1) is 8.36. The minimum absolute atomic E-state index is 0.0746. The monoisotopic (exact) mass is 288 g/mol. The van der Waals surface area contributed by atoms with Crippen molar-refractivity contribution in [1.82, 2.24) is 0 Å². The van der Waals surface area contributed by atoms with Gasteiger partial charge in [0.15, 0.2) is 5.78 Å². The Balaban J connectivity index is 2.64. The minimum Gasteiger partial charge on any atom is -0.294 e. The van der Waals surface area contributed by atoms with Crippen LogP contribution >= 0.6 is 11.6 Å². The predicted molar refractivity (Wildman–Crippen MR) is 68.4 cm³/mol. The van der Waals surface area contributed by atoms with Crippen molar-refractivity contribution in [1.29, 1.82) is 0 Å². The molecule has 1 aliphatic carbocycles. The zero-order valence-electron chi connectivity index (χ0n) is 10.1. The summed E-state index contributed by atoms with van der Waals surface area (Å²) in [4.78, 5) is 11.8. The largest absolute Gasteiger partial charge is 0.294 e. The lowest BCUT2D eigenvalue weighted by atomic mass is 9.89. The molecule has 0 aliphatic heterocycles. The molecule has 0 radical (unpaired) electrons. The maximum Gasteiger partial charge on any atom is 0.274 e. The number of hydrogen-bond donors (Lipinski definition) is 0. The molecule has 1 aliphatic rings. The molecule has 0 fully saturated rings. The Hall–Kier alpha value is -0.910. The van der Waals surface area contributed by atoms with Gasteiger partial charge in [0.1, 0.15) is 5.25 Å². The fraction of sp³-hybridized carbons (Fsp3) is 0.417. The van der Waals surface area contributed by atoms with Crippen molar-refractivity contribution in [2.45, 2.75) is 25.0 Å². The van der Waals surface area contributed by atoms with Crippen LogP contribution in [0.2, 0.25) is 5.02 Å². The van der Waals surface area contributed by atoms with Gasteiger partial charge in [-0.1, -0.05) is 17.7 Å². The average molecular weight is 289 g/mol. The van der Waals surface area contributed by atoms with Crippen LogP contribution < -0.4 is 0 Å². The van der Waals surface area contributed by atoms with Gasteiger partial charge in [-0.2, -0.15) is 8.42 Å². The van der Waals surface area contributed by atoms with Gasteiger partial charge in [0.2, 0.25) is 0 Å². The summed E-state index contributed by atoms with van der Waals surface area (Å²) in [5.74, 6) is -0.0746. The predicted octanol–water partition coefficient (Wildman–Crippen LogP) is 2.64. The first-order valence-corrected chi connectivity index (χ1v) is 7.34. The van der Waals surface area contributed by atoms with Crippen LogP contribution in [0.1, 0.15) is 39.6 Å². The van der Waals surface area contributed by atoms with Gasteiger partial charge in [-0.3, -0.25) is 8.98 Å². The number of aryl methyl sites for hydroxylation is 1. The molecule has 1 unspecified atom stereocenters. The van der Waals surface area contributed by atoms with E-state index in [-0.39, 0.29) is 18.6 Å². The number of rotatable bonds is 2. The Kier molecular flexibility index (Phi) is 3.49. The van der Waals surface area contributed by atoms with E-state index in [4.69, 9.17) is 11.6 Å². The standard InChI is InChI=1S/C12H13ClO4S/c1-7-5-9-8(6-10(7)13)11(14)3-4-12(9)18(15,16)17-2/h5-6,12H,3-4H2,1-2H3. The van der Waals surface area contributed by atoms with Crippen LogP contribution in [-0.4, -0.2) is 21.3 Å². The van der Waals surface area contributed by atoms with Gasteiger partial charge in [0.05, 0.1) is 7.11 Å². The van der Waals surface area contributed by atoms with Crippen molar-refractivity contribution in [3.63, 3.8) is 0 Å². The summed E-state index contributed by atoms with van der Waals surface area (Å²) in [6.07, 6.45) is 0.447. The second-order valence-corrected chi connectivity index (χ2v) is 6.59. The third-order valence-electron chi connectivity index (χ3n) is 3.19. The van der Waals surface area contributed by atoms with Gasteiger partial charge in [0, 0.05) is 17.0 Å². The molecule has 0 spiro atoms. The molecule has 1 atom stereocenters. The van der Waals surface area contributed by atoms with Crippen molar-refractivity contribution in [2.75, 3.05) is 7.11 Å². The van der Waals surface area contributed by atoms with Crippen LogP contribution in [0.15, 0.2) is 12.1 Å². The fourth-order valence-electron chi connectivity index (χ4n) is 2.18. The van der Waals surface area contributed by atoms with E-state index >= 15 is 0 Å². The summed E-state index contributed by atoms with van der Waals surface area (Å²) in [6, 6.07) is 3.21. The van der Waals surface area contributed by atoms with Crippen LogP contribution in [-0.2, 0) is 14.3 Å². The molecule has 0 saturated carbocycles. The summed E-state index contributed by atoms with van der Waals surface area (Å²) in [7, 11) is -2.55. The maximum atomic E-state index is 11.9. The van der Waals surface area contributed by atoms with Crippen LogP contribution in [0.4, 0.5) is 0 Å². The zero-order chi connectivity index (χ0) is 13.5. The van der Waals surface area contributed by atoms with E-state index in [9.17, 15) is 13.2 Å². The average Bonchev–Trinajstić information content (AvgIpc) is 2.32. The van der Waals surface area contributed by atoms with Crippen molar-refractivity contribution in [2.24, 2.45) is 0 Å². The summed E-state index contributed by atoms with van der Waals surface area (Å²) in [6.45, 7) is 1.78. The van der Waals surface area contributed by atoms with E-state index in [1.807, 2.05) is 0 Å². The highest BCUT2D eigenvalue weighted by Gasteiger charge is 2.35. The first kappa shape index (κ1) is 13.5. The molecule has 0 heterocycles. The van der Waals surface area contributed by atoms with Gasteiger partial charge < -0.3 is 0 Å². The van der Waals surface area contributed by atoms with Gasteiger partial charge in [-0.15, -0.1) is 0 Å². The number of benzene rings is 1. The van der Waals surface area contributed by atoms with Crippen LogP contribution in [0.5, 0.6) is 0 Å². The number of hydrogen-bond acceptors (Lipinski definition) is 4. The Bertz CT molecular complexity index is 607. The third kappa shape index (κ3) is 2.18. The topological polar surface area (TPSA) is 60.4 Å². The molecule has 1 aromatic carbocycles. The molecule has 0 bridgehead atoms. The van der Waals surface area contributed by atoms with Gasteiger partial charge in [0.25, 0.3) is 10.1 Å². The quantitative estimate of drug-likeness (QED) is 0.785. The number of carbonyl (C=O) groups excluding carboxylic acids is 1. The summed E-state index contributed by atoms with van der Waals surface area (Å²) in [5, 5.41) is -0.316. The molecular weight excluding hydrogens is 276 g/mol. The van der Waals surface area contributed by atoms with E-state index < -0.39 is 15.4 Å². The second-order valence-electron chi connectivity index (χ2n) is 4.30. The Labute approximate surface area is 111 Å². The fourth-order valence-corrected chi connectivity index (χ4v) is 3.49. The molecule has 4 nitrogen and oxygen atoms in total. The Morgan fingerprint density at radius 1 is 1.39 bits per heavy atom. The number of halogens is 1. The molecule has 6 heteroatoms. The smallest absolute Gasteiger partial charge is 0.274 e. The van der Waals surface area contributed by atoms with E-state index in [1.54, 1.807) is 19.1 Å². The van der Waals surface area contributed by atoms with E-state index in [0.717, 1.165) is 12.7 Å². The number of fused-ring (bicyclic) bond motifs is 1. The second kappa shape index (κ2) is 4.64. The van der Waals surface area contributed by atoms with Crippen molar-refractivity contribution in [3.05, 3.63) is 33.8 Å². The lowest BCUT2D eigenvalue weighted by Gasteiger charge is -2.24. The third-order valence-corrected chi connectivity index (χ3v) is 5.25. The van der Waals surface area contributed by atoms with Crippen LogP contribution in [0.3, 0.4) is 0 Å². The first-order valence-electron chi connectivity index (χ1n) is 5.49. The van der Waals surface area contributed by atoms with Gasteiger partial charge in [-0.05, 0) is 30.5 Å². The number of carbonyl (C=O) groups is 1. The SMILES string of the molecule is COS(=O)(=O)C1CCC(=O)c2cc(Cl)c(C)cc21. The molecule has 18 heavy (non-hydrogen) atoms. The normalized spacial score (nSPS) is 19.7. The molecule has 0 saturated heterocycles. The highest BCUT2D eigenvalue weighted by Crippen LogP contribution is 2.38. The molecule has 0 N–H and O–H groups in total. The molecular formula is C12H13ClO4S. The van der Waals surface area contributed by atoms with Gasteiger partial charge >= 0.3 is 0 Å². The maximum absolute atomic E-state index is 11.9. The Morgan fingerprint density at radius 3 is 2.67 bits per heavy atom. The summed E-state index contributed by atoms with van der Waals surface area (Å²) < 4.78 is 28.3. The Morgan fingerprint density at radius 2 is 2.06 bits per heavy atom. The van der Waals surface area contributed by atoms with Gasteiger partial charge in [-0.25, -0.2) is 0 Å². The van der Waals surface area contributed by atoms with Crippen LogP contribution in [0, 0.1) is 6.92 Å². The van der Waals surface area contributed by atoms with Crippen molar-refractivity contribution in [3.8, 4) is 0 Å². The molecule has 2 rings (SSSR count). The molecule has 0 aromatic heterocycles. The lowest BCUT2D eigenvalue weighted by molar-refractivity contribution is 0.0971. The van der Waals surface area contributed by atoms with Crippen LogP contribution in [0.25, 0.3) is 0 Å². The van der Waals surface area contributed by atoms with E-state index in [0.29, 0.717) is 16.1 Å². The zero-order valence-corrected chi connectivity index (χ0v) is 11.6. The molecule has 0 amide bonds. The van der Waals surface area contributed by atoms with Crippen molar-refractivity contribution >= 4 is 27.5 Å². The van der Waals surface area contributed by atoms with Crippen molar-refractivity contribution < 1.29 is 17.4 Å². The molecule has 1 aromatic rings. The number of ketones is 1. The highest BCUT2D eigenvalue weighted by atomic mass is 35.5. The summed E-state index contributed by atoms with van der Waals surface area (Å²) >= 11 is 5.97. The summed E-state index contributed by atoms with van der Waals surface area (Å²) in [5.41, 5.74) is 1.64. The molecule has 98 valence electrons. The highest BCUT2D eigenvalue weighted by molar-refractivity contribution is 7.87.